The normalized spacial score (nSPS) is 25.8. The molecule has 2 amide bonds. The smallest absolute Gasteiger partial charge is 0.328 e. The maximum Gasteiger partial charge on any atom is 0.328 e. The number of aryl methyl sites for hydroxylation is 1. The number of benzene rings is 1. The van der Waals surface area contributed by atoms with Gasteiger partial charge in [0.2, 0.25) is 11.8 Å². The molecule has 12 heteroatoms. The number of methoxy groups -OCH3 is 1. The largest absolute Gasteiger partial charge is 0.460 e. The molecular weight excluding hydrogens is 668 g/mol. The van der Waals surface area contributed by atoms with E-state index in [1.54, 1.807) is 57.2 Å². The summed E-state index contributed by atoms with van der Waals surface area (Å²) < 4.78 is 22.3. The van der Waals surface area contributed by atoms with Gasteiger partial charge in [-0.2, -0.15) is 0 Å². The Morgan fingerprint density at radius 2 is 1.67 bits per heavy atom. The average molecular weight is 723 g/mol. The van der Waals surface area contributed by atoms with Crippen molar-refractivity contribution in [1.82, 2.24) is 5.32 Å². The Morgan fingerprint density at radius 3 is 2.35 bits per heavy atom. The third-order valence-electron chi connectivity index (χ3n) is 9.16. The van der Waals surface area contributed by atoms with Crippen molar-refractivity contribution in [3.05, 3.63) is 65.8 Å². The van der Waals surface area contributed by atoms with Crippen LogP contribution in [0.3, 0.4) is 0 Å². The van der Waals surface area contributed by atoms with E-state index in [1.807, 2.05) is 12.2 Å². The minimum atomic E-state index is -0.993. The first-order valence-electron chi connectivity index (χ1n) is 18.0. The maximum absolute atomic E-state index is 13.3. The quantitative estimate of drug-likeness (QED) is 0.177. The lowest BCUT2D eigenvalue weighted by Crippen LogP contribution is -2.45. The Kier molecular flexibility index (Phi) is 17.0. The molecule has 2 bridgehead atoms. The van der Waals surface area contributed by atoms with E-state index in [-0.39, 0.29) is 41.9 Å². The zero-order chi connectivity index (χ0) is 38.2. The molecule has 1 aromatic rings. The first-order valence-corrected chi connectivity index (χ1v) is 18.0. The van der Waals surface area contributed by atoms with Gasteiger partial charge in [0.05, 0.1) is 24.3 Å². The Hall–Kier alpha value is -4.55. The molecule has 0 saturated heterocycles. The highest BCUT2D eigenvalue weighted by atomic mass is 16.6. The van der Waals surface area contributed by atoms with Gasteiger partial charge in [0.25, 0.3) is 0 Å². The number of amides is 2. The van der Waals surface area contributed by atoms with Crippen molar-refractivity contribution in [2.24, 2.45) is 11.8 Å². The lowest BCUT2D eigenvalue weighted by molar-refractivity contribution is -0.156. The van der Waals surface area contributed by atoms with Crippen LogP contribution in [-0.4, -0.2) is 66.3 Å². The van der Waals surface area contributed by atoms with Crippen LogP contribution in [0.4, 0.5) is 5.69 Å². The number of allylic oxidation sites excluding steroid dienone is 5. The Morgan fingerprint density at radius 1 is 0.981 bits per heavy atom. The fourth-order valence-electron chi connectivity index (χ4n) is 6.22. The molecule has 1 aliphatic carbocycles. The second-order valence-corrected chi connectivity index (χ2v) is 13.4. The second kappa shape index (κ2) is 21.1. The molecule has 0 aromatic heterocycles. The molecular formula is C40H54N2O10. The molecule has 284 valence electrons. The van der Waals surface area contributed by atoms with Crippen molar-refractivity contribution in [3.63, 3.8) is 0 Å². The molecule has 0 spiro atoms. The van der Waals surface area contributed by atoms with Crippen LogP contribution in [0, 0.1) is 11.8 Å². The number of aliphatic hydroxyl groups excluding tert-OH is 1. The number of hydrogen-bond donors (Lipinski definition) is 3. The Bertz CT molecular complexity index is 1540. The Balaban J connectivity index is 1.93. The number of carbonyl (C=O) groups excluding carboxylic acids is 5. The molecule has 0 unspecified atom stereocenters. The lowest BCUT2D eigenvalue weighted by atomic mass is 9.88. The summed E-state index contributed by atoms with van der Waals surface area (Å²) in [6, 6.07) is 2.12. The van der Waals surface area contributed by atoms with Crippen molar-refractivity contribution in [2.75, 3.05) is 12.4 Å². The van der Waals surface area contributed by atoms with E-state index in [0.29, 0.717) is 24.0 Å². The highest BCUT2D eigenvalue weighted by molar-refractivity contribution is 5.94. The van der Waals surface area contributed by atoms with E-state index < -0.39 is 54.1 Å². The molecule has 5 atom stereocenters. The first-order chi connectivity index (χ1) is 24.8. The van der Waals surface area contributed by atoms with Crippen LogP contribution in [0.15, 0.2) is 60.2 Å². The monoisotopic (exact) mass is 722 g/mol. The summed E-state index contributed by atoms with van der Waals surface area (Å²) in [5, 5.41) is 17.0. The molecule has 1 aromatic carbocycles. The molecule has 1 fully saturated rings. The summed E-state index contributed by atoms with van der Waals surface area (Å²) >= 11 is 0. The van der Waals surface area contributed by atoms with Crippen molar-refractivity contribution in [1.29, 1.82) is 0 Å². The summed E-state index contributed by atoms with van der Waals surface area (Å²) in [4.78, 5) is 63.2. The number of nitrogens with one attached hydrogen (secondary N) is 2. The highest BCUT2D eigenvalue weighted by Crippen LogP contribution is 2.36. The number of carbonyl (C=O) groups is 5. The van der Waals surface area contributed by atoms with E-state index >= 15 is 0 Å². The third kappa shape index (κ3) is 13.5. The van der Waals surface area contributed by atoms with E-state index in [2.05, 4.69) is 10.6 Å². The molecule has 1 heterocycles. The van der Waals surface area contributed by atoms with Crippen LogP contribution < -0.4 is 20.1 Å². The molecule has 3 rings (SSSR count). The maximum atomic E-state index is 13.3. The van der Waals surface area contributed by atoms with Crippen LogP contribution in [-0.2, 0) is 39.9 Å². The molecule has 52 heavy (non-hydrogen) atoms. The van der Waals surface area contributed by atoms with Crippen LogP contribution in [0.25, 0.3) is 0 Å². The minimum absolute atomic E-state index is 0.0619. The number of ether oxygens (including phenoxy) is 4. The molecule has 3 N–H and O–H groups in total. The standard InChI is InChI=1S/C40H54N2O10/c1-25-16-15-19-31-22-33(50-28(4)43)23-34(38(31)51-29(5)44)42-36(45)24-32(49-6)20-13-8-7-9-14-21-35(26(2)37(25)46)52-40(48)27(3)41-39(47)30-17-11-10-12-18-30/h7-9,13-14,16,20,22-23,26-27,30,32,35,37,46H,10-12,15,17-19,21,24H2,1-6H3,(H,41,47)(H,42,45)/b8-7+,14-9+,20-13+,25-16-/t26-,27+,32+,35+,37-/m1/s1. The van der Waals surface area contributed by atoms with Gasteiger partial charge >= 0.3 is 17.9 Å². The van der Waals surface area contributed by atoms with Gasteiger partial charge in [0.15, 0.2) is 5.75 Å². The van der Waals surface area contributed by atoms with Crippen LogP contribution in [0.1, 0.15) is 91.5 Å². The number of esters is 3. The molecule has 12 nitrogen and oxygen atoms in total. The van der Waals surface area contributed by atoms with Crippen LogP contribution in [0.2, 0.25) is 0 Å². The van der Waals surface area contributed by atoms with Crippen molar-refractivity contribution in [3.8, 4) is 11.5 Å². The van der Waals surface area contributed by atoms with Gasteiger partial charge in [-0.25, -0.2) is 4.79 Å². The van der Waals surface area contributed by atoms with Gasteiger partial charge in [0, 0.05) is 50.8 Å². The number of rotatable bonds is 7. The molecule has 2 aliphatic rings. The Labute approximate surface area is 306 Å². The fraction of sp³-hybridized carbons (Fsp3) is 0.525. The predicted molar refractivity (Wildman–Crippen MR) is 196 cm³/mol. The minimum Gasteiger partial charge on any atom is -0.460 e. The van der Waals surface area contributed by atoms with Crippen molar-refractivity contribution >= 4 is 35.4 Å². The summed E-state index contributed by atoms with van der Waals surface area (Å²) in [6.45, 7) is 7.67. The molecule has 1 saturated carbocycles. The van der Waals surface area contributed by atoms with E-state index in [1.165, 1.54) is 27.0 Å². The number of anilines is 1. The molecule has 1 aliphatic heterocycles. The van der Waals surface area contributed by atoms with Gasteiger partial charge in [-0.15, -0.1) is 0 Å². The lowest BCUT2D eigenvalue weighted by Gasteiger charge is -2.29. The zero-order valence-electron chi connectivity index (χ0n) is 31.1. The summed E-state index contributed by atoms with van der Waals surface area (Å²) in [5.74, 6) is -2.71. The van der Waals surface area contributed by atoms with Gasteiger partial charge in [-0.05, 0) is 51.2 Å². The number of aliphatic hydroxyl groups is 1. The van der Waals surface area contributed by atoms with E-state index in [4.69, 9.17) is 18.9 Å². The highest BCUT2D eigenvalue weighted by Gasteiger charge is 2.31. The van der Waals surface area contributed by atoms with Gasteiger partial charge < -0.3 is 34.7 Å². The zero-order valence-corrected chi connectivity index (χ0v) is 31.1. The number of fused-ring (bicyclic) bond motifs is 2. The second-order valence-electron chi connectivity index (χ2n) is 13.4. The predicted octanol–water partition coefficient (Wildman–Crippen LogP) is 5.83. The third-order valence-corrected chi connectivity index (χ3v) is 9.16. The van der Waals surface area contributed by atoms with Gasteiger partial charge in [-0.1, -0.05) is 68.7 Å². The van der Waals surface area contributed by atoms with Gasteiger partial charge in [-0.3, -0.25) is 19.2 Å². The van der Waals surface area contributed by atoms with Crippen LogP contribution >= 0.6 is 0 Å². The van der Waals surface area contributed by atoms with Crippen molar-refractivity contribution < 1.29 is 48.0 Å². The summed E-state index contributed by atoms with van der Waals surface area (Å²) in [6.07, 6.45) is 15.7. The first kappa shape index (κ1) is 41.9. The van der Waals surface area contributed by atoms with E-state index in [0.717, 1.165) is 32.1 Å². The average Bonchev–Trinajstić information content (AvgIpc) is 3.10. The summed E-state index contributed by atoms with van der Waals surface area (Å²) in [7, 11) is 1.48. The topological polar surface area (TPSA) is 167 Å². The summed E-state index contributed by atoms with van der Waals surface area (Å²) in [5.41, 5.74) is 1.25. The fourth-order valence-corrected chi connectivity index (χ4v) is 6.22. The van der Waals surface area contributed by atoms with Crippen LogP contribution in [0.5, 0.6) is 11.5 Å². The molecule has 0 radical (unpaired) electrons. The number of hydrogen-bond acceptors (Lipinski definition) is 10. The van der Waals surface area contributed by atoms with Gasteiger partial charge in [0.1, 0.15) is 17.9 Å². The van der Waals surface area contributed by atoms with E-state index in [9.17, 15) is 29.1 Å². The van der Waals surface area contributed by atoms with Crippen molar-refractivity contribution in [2.45, 2.75) is 117 Å². The SMILES string of the molecule is CO[C@H]1/C=C/C=C/C=C/C[C@H](OC(=O)[C@H](C)NC(=O)C2CCCCC2)[C@@H](C)[C@H](O)/C(C)=C\CCc2cc(OC(C)=O)cc(c2OC(C)=O)NC(=O)C1.